The van der Waals surface area contributed by atoms with E-state index in [2.05, 4.69) is 31.5 Å². The zero-order valence-corrected chi connectivity index (χ0v) is 12.8. The molecule has 5 nitrogen and oxygen atoms in total. The van der Waals surface area contributed by atoms with Crippen molar-refractivity contribution in [2.45, 2.75) is 0 Å². The molecule has 0 aliphatic rings. The molecule has 0 fully saturated rings. The molecule has 3 rings (SSSR count). The Bertz CT molecular complexity index is 804. The highest BCUT2D eigenvalue weighted by molar-refractivity contribution is 9.10. The second kappa shape index (κ2) is 5.42. The molecule has 0 atom stereocenters. The van der Waals surface area contributed by atoms with Crippen LogP contribution in [0.1, 0.15) is 0 Å². The molecule has 3 aromatic rings. The number of halogens is 3. The minimum absolute atomic E-state index is 0.215. The van der Waals surface area contributed by atoms with E-state index in [1.807, 2.05) is 0 Å². The standard InChI is InChI=1S/C13H8BrClFN5/c14-12-9(15)2-1-3-11(12)21-13(18-19-20-21)8-6-7(17)4-5-10(8)16/h1-6H,17H2. The van der Waals surface area contributed by atoms with Crippen molar-refractivity contribution in [3.05, 3.63) is 51.7 Å². The van der Waals surface area contributed by atoms with E-state index in [4.69, 9.17) is 17.3 Å². The van der Waals surface area contributed by atoms with Gasteiger partial charge in [0.15, 0.2) is 5.82 Å². The van der Waals surface area contributed by atoms with E-state index in [0.29, 0.717) is 20.9 Å². The first kappa shape index (κ1) is 14.0. The van der Waals surface area contributed by atoms with Crippen LogP contribution in [0.2, 0.25) is 5.02 Å². The van der Waals surface area contributed by atoms with Crippen molar-refractivity contribution in [1.82, 2.24) is 20.2 Å². The van der Waals surface area contributed by atoms with Crippen LogP contribution in [0.5, 0.6) is 0 Å². The van der Waals surface area contributed by atoms with Crippen molar-refractivity contribution in [3.8, 4) is 17.1 Å². The van der Waals surface area contributed by atoms with Gasteiger partial charge in [-0.1, -0.05) is 17.7 Å². The second-order valence-corrected chi connectivity index (χ2v) is 5.43. The van der Waals surface area contributed by atoms with Gasteiger partial charge in [-0.2, -0.15) is 4.68 Å². The van der Waals surface area contributed by atoms with Gasteiger partial charge in [-0.15, -0.1) is 5.10 Å². The summed E-state index contributed by atoms with van der Waals surface area (Å²) >= 11 is 9.44. The molecule has 0 bridgehead atoms. The minimum Gasteiger partial charge on any atom is -0.399 e. The molecule has 0 amide bonds. The Morgan fingerprint density at radius 1 is 1.24 bits per heavy atom. The Kier molecular flexibility index (Phi) is 3.60. The molecule has 0 aliphatic heterocycles. The average Bonchev–Trinajstić information content (AvgIpc) is 2.93. The molecule has 0 unspecified atom stereocenters. The summed E-state index contributed by atoms with van der Waals surface area (Å²) < 4.78 is 16.0. The Hall–Kier alpha value is -1.99. The number of nitrogens with two attached hydrogens (primary N) is 1. The van der Waals surface area contributed by atoms with Crippen LogP contribution in [0.3, 0.4) is 0 Å². The first-order valence-corrected chi connectivity index (χ1v) is 7.03. The highest BCUT2D eigenvalue weighted by Crippen LogP contribution is 2.31. The number of anilines is 1. The average molecular weight is 369 g/mol. The fourth-order valence-corrected chi connectivity index (χ4v) is 2.49. The normalized spacial score (nSPS) is 10.8. The molecule has 1 aromatic heterocycles. The lowest BCUT2D eigenvalue weighted by Crippen LogP contribution is -2.02. The van der Waals surface area contributed by atoms with E-state index in [0.717, 1.165) is 0 Å². The van der Waals surface area contributed by atoms with Crippen molar-refractivity contribution in [2.75, 3.05) is 5.73 Å². The first-order chi connectivity index (χ1) is 10.1. The number of tetrazole rings is 1. The molecule has 2 N–H and O–H groups in total. The third-order valence-electron chi connectivity index (χ3n) is 2.86. The highest BCUT2D eigenvalue weighted by Gasteiger charge is 2.17. The zero-order valence-electron chi connectivity index (χ0n) is 10.5. The maximum Gasteiger partial charge on any atom is 0.190 e. The molecule has 0 saturated heterocycles. The van der Waals surface area contributed by atoms with Crippen molar-refractivity contribution in [3.63, 3.8) is 0 Å². The van der Waals surface area contributed by atoms with E-state index >= 15 is 0 Å². The van der Waals surface area contributed by atoms with Crippen LogP contribution in [0.15, 0.2) is 40.9 Å². The van der Waals surface area contributed by atoms with E-state index in [-0.39, 0.29) is 11.4 Å². The van der Waals surface area contributed by atoms with Gasteiger partial charge < -0.3 is 5.73 Å². The van der Waals surface area contributed by atoms with Gasteiger partial charge >= 0.3 is 0 Å². The maximum atomic E-state index is 14.0. The Morgan fingerprint density at radius 2 is 2.05 bits per heavy atom. The van der Waals surface area contributed by atoms with Crippen LogP contribution in [-0.2, 0) is 0 Å². The maximum absolute atomic E-state index is 14.0. The van der Waals surface area contributed by atoms with Crippen LogP contribution in [0.25, 0.3) is 17.1 Å². The monoisotopic (exact) mass is 367 g/mol. The van der Waals surface area contributed by atoms with E-state index in [9.17, 15) is 4.39 Å². The Labute approximate surface area is 132 Å². The number of nitrogen functional groups attached to an aromatic ring is 1. The Morgan fingerprint density at radius 3 is 2.86 bits per heavy atom. The van der Waals surface area contributed by atoms with Crippen LogP contribution >= 0.6 is 27.5 Å². The number of nitrogens with zero attached hydrogens (tertiary/aromatic N) is 4. The van der Waals surface area contributed by atoms with Gasteiger partial charge in [-0.3, -0.25) is 0 Å². The van der Waals surface area contributed by atoms with E-state index in [1.165, 1.54) is 22.9 Å². The van der Waals surface area contributed by atoms with Gasteiger partial charge in [0.1, 0.15) is 5.82 Å². The fourth-order valence-electron chi connectivity index (χ4n) is 1.89. The number of aromatic nitrogens is 4. The highest BCUT2D eigenvalue weighted by atomic mass is 79.9. The fraction of sp³-hybridized carbons (Fsp3) is 0. The van der Waals surface area contributed by atoms with Crippen LogP contribution in [-0.4, -0.2) is 20.2 Å². The predicted molar refractivity (Wildman–Crippen MR) is 81.7 cm³/mol. The van der Waals surface area contributed by atoms with Crippen LogP contribution in [0.4, 0.5) is 10.1 Å². The SMILES string of the molecule is Nc1ccc(F)c(-c2nnnn2-c2cccc(Cl)c2Br)c1. The summed E-state index contributed by atoms with van der Waals surface area (Å²) in [7, 11) is 0. The van der Waals surface area contributed by atoms with Gasteiger partial charge in [0, 0.05) is 5.69 Å². The summed E-state index contributed by atoms with van der Waals surface area (Å²) in [4.78, 5) is 0. The van der Waals surface area contributed by atoms with Crippen LogP contribution < -0.4 is 5.73 Å². The molecular weight excluding hydrogens is 361 g/mol. The van der Waals surface area contributed by atoms with Crippen molar-refractivity contribution < 1.29 is 4.39 Å². The molecule has 0 spiro atoms. The second-order valence-electron chi connectivity index (χ2n) is 4.23. The first-order valence-electron chi connectivity index (χ1n) is 5.86. The van der Waals surface area contributed by atoms with Gasteiger partial charge in [0.25, 0.3) is 0 Å². The predicted octanol–water partition coefficient (Wildman–Crippen LogP) is 3.47. The lowest BCUT2D eigenvalue weighted by atomic mass is 10.1. The zero-order chi connectivity index (χ0) is 15.0. The molecule has 106 valence electrons. The molecule has 0 saturated carbocycles. The van der Waals surface area contributed by atoms with Gasteiger partial charge in [-0.25, -0.2) is 4.39 Å². The number of hydrogen-bond acceptors (Lipinski definition) is 4. The third kappa shape index (κ3) is 2.50. The molecular formula is C13H8BrClFN5. The molecule has 1 heterocycles. The van der Waals surface area contributed by atoms with Gasteiger partial charge in [0.05, 0.1) is 20.7 Å². The summed E-state index contributed by atoms with van der Waals surface area (Å²) in [6, 6.07) is 9.47. The summed E-state index contributed by atoms with van der Waals surface area (Å²) in [5.74, 6) is -0.221. The largest absolute Gasteiger partial charge is 0.399 e. The Balaban J connectivity index is 2.22. The number of hydrogen-bond donors (Lipinski definition) is 1. The topological polar surface area (TPSA) is 69.6 Å². The summed E-state index contributed by atoms with van der Waals surface area (Å²) in [5, 5.41) is 11.9. The molecule has 0 aliphatic carbocycles. The molecule has 0 radical (unpaired) electrons. The summed E-state index contributed by atoms with van der Waals surface area (Å²) in [6.45, 7) is 0. The number of benzene rings is 2. The van der Waals surface area contributed by atoms with Gasteiger partial charge in [-0.05, 0) is 56.7 Å². The van der Waals surface area contributed by atoms with E-state index in [1.54, 1.807) is 18.2 Å². The van der Waals surface area contributed by atoms with Crippen molar-refractivity contribution in [1.29, 1.82) is 0 Å². The molecule has 21 heavy (non-hydrogen) atoms. The minimum atomic E-state index is -0.460. The van der Waals surface area contributed by atoms with Crippen LogP contribution in [0, 0.1) is 5.82 Å². The lowest BCUT2D eigenvalue weighted by molar-refractivity contribution is 0.629. The quantitative estimate of drug-likeness (QED) is 0.703. The smallest absolute Gasteiger partial charge is 0.190 e. The molecule has 2 aromatic carbocycles. The van der Waals surface area contributed by atoms with Crippen molar-refractivity contribution in [2.24, 2.45) is 0 Å². The lowest BCUT2D eigenvalue weighted by Gasteiger charge is -2.08. The number of rotatable bonds is 2. The summed E-state index contributed by atoms with van der Waals surface area (Å²) in [6.07, 6.45) is 0. The molecule has 8 heteroatoms. The third-order valence-corrected chi connectivity index (χ3v) is 4.24. The van der Waals surface area contributed by atoms with Gasteiger partial charge in [0.2, 0.25) is 0 Å². The summed E-state index contributed by atoms with van der Waals surface area (Å²) in [5.41, 5.74) is 6.94. The van der Waals surface area contributed by atoms with Crippen molar-refractivity contribution >= 4 is 33.2 Å². The van der Waals surface area contributed by atoms with E-state index < -0.39 is 5.82 Å².